The first-order valence-electron chi connectivity index (χ1n) is 6.49. The lowest BCUT2D eigenvalue weighted by molar-refractivity contribution is 0.430. The van der Waals surface area contributed by atoms with E-state index in [0.29, 0.717) is 0 Å². The average molecular weight is 291 g/mol. The standard InChI is InChI=1S/C14H17N3O2S/c1-7-3-9(13(19)4-12(7)18)14-10(5-15-17-14)11-6-20-8(2)16-11/h3-4,6,10,14-15,17-19H,5H2,1-2H3. The van der Waals surface area contributed by atoms with E-state index < -0.39 is 0 Å². The molecule has 2 aromatic rings. The Balaban J connectivity index is 1.98. The quantitative estimate of drug-likeness (QED) is 0.681. The number of thiazole rings is 1. The summed E-state index contributed by atoms with van der Waals surface area (Å²) in [4.78, 5) is 4.55. The molecule has 0 spiro atoms. The second-order valence-corrected chi connectivity index (χ2v) is 6.16. The van der Waals surface area contributed by atoms with Gasteiger partial charge in [-0.15, -0.1) is 11.3 Å². The van der Waals surface area contributed by atoms with Gasteiger partial charge in [-0.25, -0.2) is 10.4 Å². The van der Waals surface area contributed by atoms with Crippen LogP contribution in [-0.4, -0.2) is 21.7 Å². The van der Waals surface area contributed by atoms with Crippen LogP contribution in [0.1, 0.15) is 33.8 Å². The van der Waals surface area contributed by atoms with Crippen LogP contribution in [0, 0.1) is 13.8 Å². The van der Waals surface area contributed by atoms with Gasteiger partial charge in [0.25, 0.3) is 0 Å². The highest BCUT2D eigenvalue weighted by atomic mass is 32.1. The molecule has 1 saturated heterocycles. The summed E-state index contributed by atoms with van der Waals surface area (Å²) in [5.41, 5.74) is 8.88. The first kappa shape index (κ1) is 13.4. The smallest absolute Gasteiger partial charge is 0.124 e. The Hall–Kier alpha value is -1.63. The van der Waals surface area contributed by atoms with Crippen molar-refractivity contribution in [1.29, 1.82) is 0 Å². The van der Waals surface area contributed by atoms with Crippen LogP contribution in [0.15, 0.2) is 17.5 Å². The predicted molar refractivity (Wildman–Crippen MR) is 78.0 cm³/mol. The van der Waals surface area contributed by atoms with Gasteiger partial charge in [0.15, 0.2) is 0 Å². The Kier molecular flexibility index (Phi) is 3.37. The molecule has 2 atom stereocenters. The number of benzene rings is 1. The van der Waals surface area contributed by atoms with Crippen molar-refractivity contribution < 1.29 is 10.2 Å². The highest BCUT2D eigenvalue weighted by Crippen LogP contribution is 2.39. The van der Waals surface area contributed by atoms with Gasteiger partial charge in [-0.2, -0.15) is 0 Å². The van der Waals surface area contributed by atoms with E-state index in [1.54, 1.807) is 11.3 Å². The number of aromatic hydroxyl groups is 2. The Bertz CT molecular complexity index is 641. The van der Waals surface area contributed by atoms with Crippen molar-refractivity contribution in [3.63, 3.8) is 0 Å². The van der Waals surface area contributed by atoms with Crippen LogP contribution in [0.4, 0.5) is 0 Å². The molecule has 2 heterocycles. The first-order chi connectivity index (χ1) is 9.56. The van der Waals surface area contributed by atoms with Crippen molar-refractivity contribution in [3.05, 3.63) is 39.3 Å². The summed E-state index contributed by atoms with van der Waals surface area (Å²) in [5.74, 6) is 0.374. The zero-order valence-electron chi connectivity index (χ0n) is 11.3. The molecule has 1 aromatic carbocycles. The maximum atomic E-state index is 10.1. The highest BCUT2D eigenvalue weighted by Gasteiger charge is 2.33. The minimum atomic E-state index is -0.0594. The van der Waals surface area contributed by atoms with E-state index in [1.807, 2.05) is 19.9 Å². The van der Waals surface area contributed by atoms with Gasteiger partial charge in [-0.05, 0) is 25.5 Å². The number of nitrogens with zero attached hydrogens (tertiary/aromatic N) is 1. The lowest BCUT2D eigenvalue weighted by Gasteiger charge is -2.19. The van der Waals surface area contributed by atoms with Crippen molar-refractivity contribution in [2.24, 2.45) is 0 Å². The number of rotatable bonds is 2. The van der Waals surface area contributed by atoms with Crippen molar-refractivity contribution in [2.45, 2.75) is 25.8 Å². The molecule has 1 aliphatic rings. The van der Waals surface area contributed by atoms with E-state index in [0.717, 1.165) is 28.4 Å². The number of aryl methyl sites for hydroxylation is 2. The van der Waals surface area contributed by atoms with Crippen molar-refractivity contribution in [2.75, 3.05) is 6.54 Å². The summed E-state index contributed by atoms with van der Waals surface area (Å²) in [6.45, 7) is 4.57. The number of hydrazine groups is 1. The zero-order chi connectivity index (χ0) is 14.3. The Morgan fingerprint density at radius 3 is 2.75 bits per heavy atom. The number of hydrogen-bond acceptors (Lipinski definition) is 6. The van der Waals surface area contributed by atoms with Gasteiger partial charge in [-0.3, -0.25) is 5.43 Å². The normalized spacial score (nSPS) is 22.3. The maximum Gasteiger partial charge on any atom is 0.124 e. The second kappa shape index (κ2) is 5.05. The molecule has 6 heteroatoms. The van der Waals surface area contributed by atoms with Gasteiger partial charge in [0.1, 0.15) is 11.5 Å². The van der Waals surface area contributed by atoms with Crippen LogP contribution in [0.3, 0.4) is 0 Å². The van der Waals surface area contributed by atoms with Crippen LogP contribution < -0.4 is 10.9 Å². The van der Waals surface area contributed by atoms with Crippen LogP contribution in [0.5, 0.6) is 11.5 Å². The summed E-state index contributed by atoms with van der Waals surface area (Å²) >= 11 is 1.63. The van der Waals surface area contributed by atoms with E-state index in [1.165, 1.54) is 6.07 Å². The molecule has 1 aromatic heterocycles. The van der Waals surface area contributed by atoms with Crippen LogP contribution in [-0.2, 0) is 0 Å². The van der Waals surface area contributed by atoms with Gasteiger partial charge in [-0.1, -0.05) is 0 Å². The molecule has 0 aliphatic carbocycles. The Morgan fingerprint density at radius 2 is 2.05 bits per heavy atom. The van der Waals surface area contributed by atoms with Crippen molar-refractivity contribution in [1.82, 2.24) is 15.8 Å². The average Bonchev–Trinajstić information content (AvgIpc) is 3.02. The topological polar surface area (TPSA) is 77.4 Å². The third kappa shape index (κ3) is 2.26. The predicted octanol–water partition coefficient (Wildman–Crippen LogP) is 2.10. The third-order valence-corrected chi connectivity index (χ3v) is 4.47. The number of phenolic OH excluding ortho intramolecular Hbond substituents is 2. The first-order valence-corrected chi connectivity index (χ1v) is 7.37. The van der Waals surface area contributed by atoms with Gasteiger partial charge < -0.3 is 10.2 Å². The molecule has 3 rings (SSSR count). The fourth-order valence-corrected chi connectivity index (χ4v) is 3.25. The Morgan fingerprint density at radius 1 is 1.25 bits per heavy atom. The molecule has 0 saturated carbocycles. The molecular weight excluding hydrogens is 274 g/mol. The van der Waals surface area contributed by atoms with E-state index in [9.17, 15) is 10.2 Å². The molecule has 5 nitrogen and oxygen atoms in total. The summed E-state index contributed by atoms with van der Waals surface area (Å²) in [7, 11) is 0. The fourth-order valence-electron chi connectivity index (χ4n) is 2.57. The number of hydrogen-bond donors (Lipinski definition) is 4. The molecule has 0 bridgehead atoms. The highest BCUT2D eigenvalue weighted by molar-refractivity contribution is 7.09. The number of aromatic nitrogens is 1. The van der Waals surface area contributed by atoms with E-state index in [4.69, 9.17) is 0 Å². The fraction of sp³-hybridized carbons (Fsp3) is 0.357. The van der Waals surface area contributed by atoms with Gasteiger partial charge in [0.05, 0.1) is 16.7 Å². The SMILES string of the molecule is Cc1nc(C2CNNC2c2cc(C)c(O)cc2O)cs1. The lowest BCUT2D eigenvalue weighted by Crippen LogP contribution is -2.25. The molecular formula is C14H17N3O2S. The minimum absolute atomic E-state index is 0.0594. The molecule has 106 valence electrons. The van der Waals surface area contributed by atoms with Crippen molar-refractivity contribution >= 4 is 11.3 Å². The lowest BCUT2D eigenvalue weighted by atomic mass is 9.91. The molecule has 0 amide bonds. The van der Waals surface area contributed by atoms with E-state index in [2.05, 4.69) is 21.2 Å². The molecule has 1 aliphatic heterocycles. The van der Waals surface area contributed by atoms with Gasteiger partial charge in [0.2, 0.25) is 0 Å². The van der Waals surface area contributed by atoms with Crippen molar-refractivity contribution in [3.8, 4) is 11.5 Å². The molecule has 20 heavy (non-hydrogen) atoms. The van der Waals surface area contributed by atoms with Gasteiger partial charge >= 0.3 is 0 Å². The largest absolute Gasteiger partial charge is 0.508 e. The summed E-state index contributed by atoms with van der Waals surface area (Å²) in [5, 5.41) is 22.8. The number of nitrogens with one attached hydrogen (secondary N) is 2. The zero-order valence-corrected chi connectivity index (χ0v) is 12.2. The Labute approximate surface area is 121 Å². The van der Waals surface area contributed by atoms with Crippen LogP contribution >= 0.6 is 11.3 Å². The molecule has 0 radical (unpaired) electrons. The van der Waals surface area contributed by atoms with Crippen LogP contribution in [0.2, 0.25) is 0 Å². The maximum absolute atomic E-state index is 10.1. The monoisotopic (exact) mass is 291 g/mol. The summed E-state index contributed by atoms with van der Waals surface area (Å²) < 4.78 is 0. The molecule has 1 fully saturated rings. The van der Waals surface area contributed by atoms with E-state index in [-0.39, 0.29) is 23.5 Å². The van der Waals surface area contributed by atoms with Gasteiger partial charge in [0, 0.05) is 29.5 Å². The van der Waals surface area contributed by atoms with E-state index >= 15 is 0 Å². The second-order valence-electron chi connectivity index (χ2n) is 5.10. The molecule has 2 unspecified atom stereocenters. The summed E-state index contributed by atoms with van der Waals surface area (Å²) in [6.07, 6.45) is 0. The third-order valence-electron chi connectivity index (χ3n) is 3.68. The summed E-state index contributed by atoms with van der Waals surface area (Å²) in [6, 6.07) is 3.16. The number of phenols is 2. The minimum Gasteiger partial charge on any atom is -0.508 e. The van der Waals surface area contributed by atoms with Crippen LogP contribution in [0.25, 0.3) is 0 Å². The molecule has 4 N–H and O–H groups in total.